The van der Waals surface area contributed by atoms with Gasteiger partial charge in [0.05, 0.1) is 0 Å². The fourth-order valence-corrected chi connectivity index (χ4v) is 1.02. The summed E-state index contributed by atoms with van der Waals surface area (Å²) in [5.74, 6) is 4.79. The van der Waals surface area contributed by atoms with E-state index in [0.29, 0.717) is 6.54 Å². The third-order valence-electron chi connectivity index (χ3n) is 1.89. The molecule has 0 aromatic carbocycles. The number of allylic oxidation sites excluding steroid dienone is 1. The van der Waals surface area contributed by atoms with Crippen LogP contribution in [0.25, 0.3) is 0 Å². The Morgan fingerprint density at radius 1 is 1.47 bits per heavy atom. The van der Waals surface area contributed by atoms with Crippen LogP contribution in [-0.4, -0.2) is 37.8 Å². The van der Waals surface area contributed by atoms with Gasteiger partial charge in [0.2, 0.25) is 0 Å². The molecule has 5 heteroatoms. The molecule has 2 N–H and O–H groups in total. The Kier molecular flexibility index (Phi) is 8.81. The molecule has 5 nitrogen and oxygen atoms in total. The molecule has 0 aromatic heterocycles. The van der Waals surface area contributed by atoms with E-state index in [2.05, 4.69) is 11.4 Å². The van der Waals surface area contributed by atoms with Crippen LogP contribution in [0.5, 0.6) is 0 Å². The van der Waals surface area contributed by atoms with Crippen LogP contribution in [0.4, 0.5) is 4.79 Å². The number of nitrogens with two attached hydrogens (primary N) is 1. The summed E-state index contributed by atoms with van der Waals surface area (Å²) in [4.78, 5) is 17.1. The quantitative estimate of drug-likeness (QED) is 0.377. The Bertz CT molecular complexity index is 186. The fraction of sp³-hybridized carbons (Fsp3) is 0.700. The lowest BCUT2D eigenvalue weighted by atomic mass is 10.2. The predicted octanol–water partition coefficient (Wildman–Crippen LogP) is 1.30. The van der Waals surface area contributed by atoms with E-state index in [1.165, 1.54) is 0 Å². The summed E-state index contributed by atoms with van der Waals surface area (Å²) in [6, 6.07) is 0. The first-order valence-corrected chi connectivity index (χ1v) is 5.02. The highest BCUT2D eigenvalue weighted by atomic mass is 16.6. The van der Waals surface area contributed by atoms with Gasteiger partial charge in [0, 0.05) is 13.6 Å². The Labute approximate surface area is 90.8 Å². The van der Waals surface area contributed by atoms with Crippen LogP contribution in [0.3, 0.4) is 0 Å². The van der Waals surface area contributed by atoms with E-state index in [-0.39, 0.29) is 19.3 Å². The minimum absolute atomic E-state index is 0.187. The van der Waals surface area contributed by atoms with Gasteiger partial charge in [0.1, 0.15) is 13.2 Å². The van der Waals surface area contributed by atoms with Gasteiger partial charge in [-0.3, -0.25) is 0 Å². The van der Waals surface area contributed by atoms with Crippen LogP contribution in [0.1, 0.15) is 19.3 Å². The van der Waals surface area contributed by atoms with Gasteiger partial charge >= 0.3 is 6.09 Å². The highest BCUT2D eigenvalue weighted by Gasteiger charge is 2.08. The van der Waals surface area contributed by atoms with Crippen LogP contribution in [0.2, 0.25) is 0 Å². The lowest BCUT2D eigenvalue weighted by molar-refractivity contribution is 0.0586. The van der Waals surface area contributed by atoms with E-state index in [1.54, 1.807) is 11.9 Å². The number of carbonyl (C=O) groups is 1. The number of amides is 1. The number of hydrogen-bond acceptors (Lipinski definition) is 4. The van der Waals surface area contributed by atoms with E-state index in [4.69, 9.17) is 10.6 Å². The molecule has 0 unspecified atom stereocenters. The van der Waals surface area contributed by atoms with Gasteiger partial charge in [0.15, 0.2) is 0 Å². The topological polar surface area (TPSA) is 64.8 Å². The molecule has 1 amide bonds. The molecule has 0 saturated heterocycles. The maximum atomic E-state index is 11.3. The van der Waals surface area contributed by atoms with E-state index < -0.39 is 0 Å². The first-order chi connectivity index (χ1) is 7.22. The number of unbranched alkanes of at least 4 members (excludes halogenated alkanes) is 2. The van der Waals surface area contributed by atoms with Crippen LogP contribution in [0, 0.1) is 0 Å². The maximum Gasteiger partial charge on any atom is 0.409 e. The normalized spacial score (nSPS) is 9.73. The summed E-state index contributed by atoms with van der Waals surface area (Å²) in [7, 11) is 1.71. The summed E-state index contributed by atoms with van der Waals surface area (Å²) >= 11 is 0. The SMILES string of the molecule is C=CCCCCN(C)C(=O)OCCON. The predicted molar refractivity (Wildman–Crippen MR) is 58.2 cm³/mol. The van der Waals surface area contributed by atoms with Gasteiger partial charge in [0.25, 0.3) is 0 Å². The van der Waals surface area contributed by atoms with Crippen molar-refractivity contribution in [1.29, 1.82) is 0 Å². The Morgan fingerprint density at radius 2 is 2.20 bits per heavy atom. The van der Waals surface area contributed by atoms with Crippen molar-refractivity contribution in [3.63, 3.8) is 0 Å². The first kappa shape index (κ1) is 13.9. The molecule has 0 bridgehead atoms. The highest BCUT2D eigenvalue weighted by molar-refractivity contribution is 5.67. The zero-order valence-electron chi connectivity index (χ0n) is 9.28. The number of ether oxygens (including phenoxy) is 1. The molecule has 0 atom stereocenters. The molecule has 0 spiro atoms. The third-order valence-corrected chi connectivity index (χ3v) is 1.89. The number of nitrogens with zero attached hydrogens (tertiary/aromatic N) is 1. The minimum atomic E-state index is -0.342. The maximum absolute atomic E-state index is 11.3. The lowest BCUT2D eigenvalue weighted by Gasteiger charge is -2.16. The Hall–Kier alpha value is -1.07. The largest absolute Gasteiger partial charge is 0.447 e. The molecule has 0 aromatic rings. The second kappa shape index (κ2) is 9.48. The second-order valence-electron chi connectivity index (χ2n) is 3.19. The molecule has 0 heterocycles. The smallest absolute Gasteiger partial charge is 0.409 e. The van der Waals surface area contributed by atoms with Crippen molar-refractivity contribution >= 4 is 6.09 Å². The van der Waals surface area contributed by atoms with Crippen molar-refractivity contribution in [1.82, 2.24) is 4.90 Å². The molecule has 88 valence electrons. The van der Waals surface area contributed by atoms with Crippen molar-refractivity contribution in [2.24, 2.45) is 5.90 Å². The Balaban J connectivity index is 3.46. The van der Waals surface area contributed by atoms with E-state index in [1.807, 2.05) is 6.08 Å². The monoisotopic (exact) mass is 216 g/mol. The zero-order chi connectivity index (χ0) is 11.5. The zero-order valence-corrected chi connectivity index (χ0v) is 9.28. The van der Waals surface area contributed by atoms with Crippen molar-refractivity contribution in [2.45, 2.75) is 19.3 Å². The highest BCUT2D eigenvalue weighted by Crippen LogP contribution is 1.99. The lowest BCUT2D eigenvalue weighted by Crippen LogP contribution is -2.29. The fourth-order valence-electron chi connectivity index (χ4n) is 1.02. The van der Waals surface area contributed by atoms with E-state index in [0.717, 1.165) is 19.3 Å². The molecule has 0 aliphatic rings. The molecule has 0 aliphatic carbocycles. The standard InChI is InChI=1S/C10H20N2O3/c1-3-4-5-6-7-12(2)10(13)14-8-9-15-11/h3H,1,4-9,11H2,2H3. The molecular formula is C10H20N2O3. The van der Waals surface area contributed by atoms with Gasteiger partial charge < -0.3 is 14.5 Å². The summed E-state index contributed by atoms with van der Waals surface area (Å²) in [6.07, 6.45) is 4.49. The summed E-state index contributed by atoms with van der Waals surface area (Å²) in [5.41, 5.74) is 0. The minimum Gasteiger partial charge on any atom is -0.447 e. The number of hydrogen-bond donors (Lipinski definition) is 1. The van der Waals surface area contributed by atoms with Gasteiger partial charge in [-0.15, -0.1) is 6.58 Å². The van der Waals surface area contributed by atoms with Crippen molar-refractivity contribution in [3.05, 3.63) is 12.7 Å². The average Bonchev–Trinajstić information content (AvgIpc) is 2.24. The van der Waals surface area contributed by atoms with Gasteiger partial charge in [-0.1, -0.05) is 6.08 Å². The average molecular weight is 216 g/mol. The summed E-state index contributed by atoms with van der Waals surface area (Å²) in [5, 5.41) is 0. The summed E-state index contributed by atoms with van der Waals surface area (Å²) < 4.78 is 4.86. The van der Waals surface area contributed by atoms with Crippen LogP contribution in [-0.2, 0) is 9.57 Å². The molecule has 0 saturated carbocycles. The molecule has 0 radical (unpaired) electrons. The van der Waals surface area contributed by atoms with Gasteiger partial charge in [-0.25, -0.2) is 10.7 Å². The molecular weight excluding hydrogens is 196 g/mol. The molecule has 0 rings (SSSR count). The van der Waals surface area contributed by atoms with E-state index >= 15 is 0 Å². The molecule has 0 aliphatic heterocycles. The Morgan fingerprint density at radius 3 is 2.80 bits per heavy atom. The van der Waals surface area contributed by atoms with E-state index in [9.17, 15) is 4.79 Å². The first-order valence-electron chi connectivity index (χ1n) is 5.02. The van der Waals surface area contributed by atoms with Gasteiger partial charge in [-0.05, 0) is 19.3 Å². The third kappa shape index (κ3) is 7.96. The number of rotatable bonds is 8. The van der Waals surface area contributed by atoms with Crippen LogP contribution < -0.4 is 5.90 Å². The number of carbonyl (C=O) groups excluding carboxylic acids is 1. The summed E-state index contributed by atoms with van der Waals surface area (Å²) in [6.45, 7) is 4.73. The van der Waals surface area contributed by atoms with Crippen LogP contribution >= 0.6 is 0 Å². The second-order valence-corrected chi connectivity index (χ2v) is 3.19. The van der Waals surface area contributed by atoms with Crippen LogP contribution in [0.15, 0.2) is 12.7 Å². The van der Waals surface area contributed by atoms with Crippen molar-refractivity contribution in [2.75, 3.05) is 26.8 Å². The van der Waals surface area contributed by atoms with Gasteiger partial charge in [-0.2, -0.15) is 0 Å². The molecule has 0 fully saturated rings. The van der Waals surface area contributed by atoms with Crippen molar-refractivity contribution in [3.8, 4) is 0 Å². The van der Waals surface area contributed by atoms with Crippen molar-refractivity contribution < 1.29 is 14.4 Å². The molecule has 15 heavy (non-hydrogen) atoms.